The molecule has 5 heteroatoms. The third kappa shape index (κ3) is 5.67. The molecule has 4 nitrogen and oxygen atoms in total. The molecule has 0 aliphatic carbocycles. The molecule has 0 saturated carbocycles. The fourth-order valence-electron chi connectivity index (χ4n) is 1.63. The quantitative estimate of drug-likeness (QED) is 0.659. The summed E-state index contributed by atoms with van der Waals surface area (Å²) in [5.74, 6) is -0.236. The molecule has 0 heterocycles. The number of oxime groups is 1. The number of carbonyl (C=O) groups excluding carboxylic acids is 1. The molecule has 0 aliphatic rings. The lowest BCUT2D eigenvalue weighted by molar-refractivity contribution is -0.125. The van der Waals surface area contributed by atoms with Crippen molar-refractivity contribution in [2.75, 3.05) is 6.61 Å². The van der Waals surface area contributed by atoms with Crippen molar-refractivity contribution in [3.63, 3.8) is 0 Å². The number of amides is 1. The summed E-state index contributed by atoms with van der Waals surface area (Å²) in [4.78, 5) is 16.5. The lowest BCUT2D eigenvalue weighted by Crippen LogP contribution is -2.26. The first-order valence-electron chi connectivity index (χ1n) is 6.45. The fourth-order valence-corrected chi connectivity index (χ4v) is 1.84. The van der Waals surface area contributed by atoms with E-state index in [-0.39, 0.29) is 12.5 Å². The van der Waals surface area contributed by atoms with E-state index in [4.69, 9.17) is 16.4 Å². The molecule has 1 N–H and O–H groups in total. The highest BCUT2D eigenvalue weighted by Crippen LogP contribution is 2.10. The zero-order valence-corrected chi connectivity index (χ0v) is 12.1. The number of hydrogen-bond donors (Lipinski definition) is 1. The molecule has 2 rings (SSSR count). The topological polar surface area (TPSA) is 50.7 Å². The van der Waals surface area contributed by atoms with Crippen molar-refractivity contribution >= 4 is 23.7 Å². The molecule has 0 aromatic heterocycles. The molecule has 2 aromatic carbocycles. The van der Waals surface area contributed by atoms with Crippen LogP contribution in [0.15, 0.2) is 59.8 Å². The summed E-state index contributed by atoms with van der Waals surface area (Å²) in [5, 5.41) is 7.12. The van der Waals surface area contributed by atoms with Crippen molar-refractivity contribution in [3.8, 4) is 0 Å². The van der Waals surface area contributed by atoms with E-state index in [0.29, 0.717) is 11.6 Å². The standard InChI is InChI=1S/C16H15ClN2O2/c17-15-8-4-7-14(9-15)10-18-16(20)12-21-19-11-13-5-2-1-3-6-13/h1-9,11H,10,12H2,(H,18,20)/b19-11-. The number of hydrogen-bond acceptors (Lipinski definition) is 3. The van der Waals surface area contributed by atoms with Crippen LogP contribution in [0, 0.1) is 0 Å². The Morgan fingerprint density at radius 1 is 1.19 bits per heavy atom. The number of nitrogens with zero attached hydrogens (tertiary/aromatic N) is 1. The highest BCUT2D eigenvalue weighted by Gasteiger charge is 2.01. The Balaban J connectivity index is 1.69. The molecular formula is C16H15ClN2O2. The van der Waals surface area contributed by atoms with Gasteiger partial charge in [0.25, 0.3) is 5.91 Å². The third-order valence-electron chi connectivity index (χ3n) is 2.65. The summed E-state index contributed by atoms with van der Waals surface area (Å²) < 4.78 is 0. The summed E-state index contributed by atoms with van der Waals surface area (Å²) in [6.45, 7) is 0.287. The van der Waals surface area contributed by atoms with Crippen LogP contribution in [0.5, 0.6) is 0 Å². The van der Waals surface area contributed by atoms with E-state index in [2.05, 4.69) is 10.5 Å². The second kappa shape index (κ2) is 8.07. The van der Waals surface area contributed by atoms with E-state index in [1.54, 1.807) is 18.3 Å². The first-order chi connectivity index (χ1) is 10.2. The first-order valence-corrected chi connectivity index (χ1v) is 6.83. The zero-order chi connectivity index (χ0) is 14.9. The average molecular weight is 303 g/mol. The maximum absolute atomic E-state index is 11.6. The van der Waals surface area contributed by atoms with E-state index < -0.39 is 0 Å². The molecule has 1 amide bonds. The Kier molecular flexibility index (Phi) is 5.79. The van der Waals surface area contributed by atoms with Crippen molar-refractivity contribution < 1.29 is 9.63 Å². The molecule has 0 aliphatic heterocycles. The van der Waals surface area contributed by atoms with Crippen molar-refractivity contribution in [1.82, 2.24) is 5.32 Å². The molecule has 0 spiro atoms. The van der Waals surface area contributed by atoms with Crippen molar-refractivity contribution in [2.24, 2.45) is 5.16 Å². The summed E-state index contributed by atoms with van der Waals surface area (Å²) >= 11 is 5.86. The molecule has 108 valence electrons. The number of nitrogens with one attached hydrogen (secondary N) is 1. The number of halogens is 1. The molecule has 21 heavy (non-hydrogen) atoms. The third-order valence-corrected chi connectivity index (χ3v) is 2.89. The van der Waals surface area contributed by atoms with E-state index in [0.717, 1.165) is 11.1 Å². The molecule has 0 fully saturated rings. The lowest BCUT2D eigenvalue weighted by Gasteiger charge is -2.04. The monoisotopic (exact) mass is 302 g/mol. The van der Waals surface area contributed by atoms with Gasteiger partial charge in [-0.2, -0.15) is 0 Å². The Hall–Kier alpha value is -2.33. The minimum atomic E-state index is -0.236. The van der Waals surface area contributed by atoms with E-state index in [9.17, 15) is 4.79 Å². The minimum Gasteiger partial charge on any atom is -0.386 e. The van der Waals surface area contributed by atoms with Crippen molar-refractivity contribution in [2.45, 2.75) is 6.54 Å². The van der Waals surface area contributed by atoms with Gasteiger partial charge in [0.05, 0.1) is 6.21 Å². The molecule has 0 bridgehead atoms. The predicted octanol–water partition coefficient (Wildman–Crippen LogP) is 3.01. The van der Waals surface area contributed by atoms with Crippen LogP contribution in [-0.4, -0.2) is 18.7 Å². The minimum absolute atomic E-state index is 0.121. The molecular weight excluding hydrogens is 288 g/mol. The zero-order valence-electron chi connectivity index (χ0n) is 11.3. The van der Waals surface area contributed by atoms with Gasteiger partial charge in [0.2, 0.25) is 0 Å². The molecule has 0 radical (unpaired) electrons. The van der Waals surface area contributed by atoms with Gasteiger partial charge >= 0.3 is 0 Å². The van der Waals surface area contributed by atoms with Gasteiger partial charge in [0.15, 0.2) is 6.61 Å². The lowest BCUT2D eigenvalue weighted by atomic mass is 10.2. The molecule has 0 unspecified atom stereocenters. The maximum Gasteiger partial charge on any atom is 0.261 e. The first kappa shape index (κ1) is 15.1. The fraction of sp³-hybridized carbons (Fsp3) is 0.125. The van der Waals surface area contributed by atoms with Gasteiger partial charge < -0.3 is 10.2 Å². The number of rotatable bonds is 6. The van der Waals surface area contributed by atoms with Crippen LogP contribution in [0.3, 0.4) is 0 Å². The SMILES string of the molecule is O=C(CO/N=C\c1ccccc1)NCc1cccc(Cl)c1. The van der Waals surface area contributed by atoms with Crippen LogP contribution < -0.4 is 5.32 Å². The van der Waals surface area contributed by atoms with Gasteiger partial charge in [-0.3, -0.25) is 4.79 Å². The van der Waals surface area contributed by atoms with Crippen LogP contribution in [0.4, 0.5) is 0 Å². The normalized spacial score (nSPS) is 10.5. The maximum atomic E-state index is 11.6. The van der Waals surface area contributed by atoms with Gasteiger partial charge in [-0.25, -0.2) is 0 Å². The largest absolute Gasteiger partial charge is 0.386 e. The van der Waals surface area contributed by atoms with Crippen molar-refractivity contribution in [1.29, 1.82) is 0 Å². The Morgan fingerprint density at radius 2 is 2.00 bits per heavy atom. The van der Waals surface area contributed by atoms with E-state index in [1.807, 2.05) is 42.5 Å². The van der Waals surface area contributed by atoms with E-state index >= 15 is 0 Å². The number of carbonyl (C=O) groups is 1. The van der Waals surface area contributed by atoms with E-state index in [1.165, 1.54) is 0 Å². The molecule has 2 aromatic rings. The Labute approximate surface area is 128 Å². The van der Waals surface area contributed by atoms with Gasteiger partial charge in [-0.15, -0.1) is 0 Å². The second-order valence-electron chi connectivity index (χ2n) is 4.33. The smallest absolute Gasteiger partial charge is 0.261 e. The van der Waals surface area contributed by atoms with Crippen molar-refractivity contribution in [3.05, 3.63) is 70.7 Å². The van der Waals surface area contributed by atoms with Gasteiger partial charge in [-0.05, 0) is 23.3 Å². The van der Waals surface area contributed by atoms with Gasteiger partial charge in [0, 0.05) is 11.6 Å². The van der Waals surface area contributed by atoms with Crippen LogP contribution in [-0.2, 0) is 16.2 Å². The average Bonchev–Trinajstić information content (AvgIpc) is 2.51. The molecule has 0 atom stereocenters. The Morgan fingerprint density at radius 3 is 2.76 bits per heavy atom. The summed E-state index contributed by atoms with van der Waals surface area (Å²) in [6, 6.07) is 16.8. The number of benzene rings is 2. The molecule has 0 saturated heterocycles. The predicted molar refractivity (Wildman–Crippen MR) is 83.3 cm³/mol. The van der Waals surface area contributed by atoms with Crippen LogP contribution in [0.2, 0.25) is 5.02 Å². The van der Waals surface area contributed by atoms with Crippen LogP contribution in [0.1, 0.15) is 11.1 Å². The second-order valence-corrected chi connectivity index (χ2v) is 4.76. The summed E-state index contributed by atoms with van der Waals surface area (Å²) in [5.41, 5.74) is 1.85. The highest BCUT2D eigenvalue weighted by atomic mass is 35.5. The summed E-state index contributed by atoms with van der Waals surface area (Å²) in [6.07, 6.45) is 1.56. The van der Waals surface area contributed by atoms with Gasteiger partial charge in [-0.1, -0.05) is 59.2 Å². The van der Waals surface area contributed by atoms with Gasteiger partial charge in [0.1, 0.15) is 0 Å². The van der Waals surface area contributed by atoms with Crippen LogP contribution >= 0.6 is 11.6 Å². The highest BCUT2D eigenvalue weighted by molar-refractivity contribution is 6.30. The Bertz CT molecular complexity index is 615. The summed E-state index contributed by atoms with van der Waals surface area (Å²) in [7, 11) is 0. The van der Waals surface area contributed by atoms with Crippen LogP contribution in [0.25, 0.3) is 0 Å².